The van der Waals surface area contributed by atoms with Crippen LogP contribution in [0.3, 0.4) is 0 Å². The summed E-state index contributed by atoms with van der Waals surface area (Å²) in [5.74, 6) is 0.00807. The molecule has 4 fully saturated rings. The Balaban J connectivity index is 0.700. The van der Waals surface area contributed by atoms with Crippen LogP contribution < -0.4 is 35.8 Å². The molecule has 18 nitrogen and oxygen atoms in total. The summed E-state index contributed by atoms with van der Waals surface area (Å²) in [5.41, 5.74) is 5.94. The summed E-state index contributed by atoms with van der Waals surface area (Å²) in [4.78, 5) is 71.3. The number of imide groups is 2. The Morgan fingerprint density at radius 1 is 0.787 bits per heavy atom. The molecule has 20 heteroatoms. The molecule has 7 heterocycles. The normalized spacial score (nSPS) is 19.5. The highest BCUT2D eigenvalue weighted by Crippen LogP contribution is 2.44. The van der Waals surface area contributed by atoms with Crippen LogP contribution in [0.2, 0.25) is 5.02 Å². The van der Waals surface area contributed by atoms with Crippen LogP contribution in [0.1, 0.15) is 59.2 Å². The molecule has 1 unspecified atom stereocenters. The van der Waals surface area contributed by atoms with Crippen molar-refractivity contribution in [2.45, 2.75) is 50.6 Å². The minimum Gasteiger partial charge on any atom is -0.494 e. The fraction of sp³-hybridized carbons (Fsp3) is 0.400. The maximum Gasteiger partial charge on any atom is 0.262 e. The first kappa shape index (κ1) is 50.3. The number of carbonyl (C=O) groups excluding carboxylic acids is 4. The lowest BCUT2D eigenvalue weighted by Gasteiger charge is -2.44. The van der Waals surface area contributed by atoms with Crippen molar-refractivity contribution in [2.24, 2.45) is 13.0 Å². The molecular formula is C55H62ClN12O6P. The second-order valence-electron chi connectivity index (χ2n) is 20.8. The number of ether oxygens (including phenoxy) is 1. The SMILES string of the molecule is COc1cc(N2CCC(N3CCC(CN4CCN(c5ccc6c(c5)C(=O)N(C5CCC(=O)NC5=O)C6=O)CC4)CC3)CC2)c(-c2cnn(C)c2)cc1Nc1ncc(Cl)c(Nc2ccc3ccccc3c2P(C)(C)=O)n1. The van der Waals surface area contributed by atoms with Gasteiger partial charge in [-0.2, -0.15) is 10.1 Å². The van der Waals surface area contributed by atoms with Gasteiger partial charge >= 0.3 is 0 Å². The van der Waals surface area contributed by atoms with E-state index in [4.69, 9.17) is 21.3 Å². The van der Waals surface area contributed by atoms with Crippen LogP contribution in [0.25, 0.3) is 21.9 Å². The summed E-state index contributed by atoms with van der Waals surface area (Å²) in [6.45, 7) is 12.1. The van der Waals surface area contributed by atoms with Crippen LogP contribution in [0, 0.1) is 5.92 Å². The van der Waals surface area contributed by atoms with E-state index in [1.807, 2.05) is 66.6 Å². The van der Waals surface area contributed by atoms with Crippen molar-refractivity contribution < 1.29 is 28.5 Å². The van der Waals surface area contributed by atoms with Crippen LogP contribution >= 0.6 is 18.7 Å². The van der Waals surface area contributed by atoms with E-state index in [1.165, 1.54) is 12.8 Å². The Labute approximate surface area is 441 Å². The Bertz CT molecular complexity index is 3270. The van der Waals surface area contributed by atoms with E-state index >= 15 is 0 Å². The summed E-state index contributed by atoms with van der Waals surface area (Å²) in [5, 5.41) is 16.6. The van der Waals surface area contributed by atoms with E-state index in [2.05, 4.69) is 57.8 Å². The third kappa shape index (κ3) is 10.2. The summed E-state index contributed by atoms with van der Waals surface area (Å²) in [7, 11) is 0.850. The number of fused-ring (bicyclic) bond motifs is 2. The zero-order chi connectivity index (χ0) is 52.1. The minimum absolute atomic E-state index is 0.0918. The van der Waals surface area contributed by atoms with Crippen LogP contribution in [0.5, 0.6) is 5.75 Å². The first-order chi connectivity index (χ1) is 36.2. The number of likely N-dealkylation sites (tertiary alicyclic amines) is 1. The van der Waals surface area contributed by atoms with Gasteiger partial charge in [-0.1, -0.05) is 41.9 Å². The van der Waals surface area contributed by atoms with E-state index in [0.29, 0.717) is 57.0 Å². The number of piperidine rings is 3. The van der Waals surface area contributed by atoms with Crippen molar-refractivity contribution in [1.82, 2.24) is 39.8 Å². The molecule has 0 radical (unpaired) electrons. The lowest BCUT2D eigenvalue weighted by molar-refractivity contribution is -0.136. The quantitative estimate of drug-likeness (QED) is 0.0769. The van der Waals surface area contributed by atoms with Gasteiger partial charge in [0.05, 0.1) is 42.0 Å². The Kier molecular flexibility index (Phi) is 13.9. The van der Waals surface area contributed by atoms with E-state index < -0.39 is 30.9 Å². The number of benzene rings is 4. The predicted molar refractivity (Wildman–Crippen MR) is 293 cm³/mol. The Hall–Kier alpha value is -6.85. The van der Waals surface area contributed by atoms with Gasteiger partial charge in [-0.05, 0) is 106 Å². The highest BCUT2D eigenvalue weighted by Gasteiger charge is 2.45. The molecule has 11 rings (SSSR count). The summed E-state index contributed by atoms with van der Waals surface area (Å²) < 4.78 is 21.6. The largest absolute Gasteiger partial charge is 0.494 e. The highest BCUT2D eigenvalue weighted by atomic mass is 35.5. The molecule has 5 aliphatic heterocycles. The molecule has 2 aromatic heterocycles. The van der Waals surface area contributed by atoms with Gasteiger partial charge in [0.25, 0.3) is 11.8 Å². The second kappa shape index (κ2) is 20.7. The van der Waals surface area contributed by atoms with Gasteiger partial charge in [-0.15, -0.1) is 0 Å². The van der Waals surface area contributed by atoms with Gasteiger partial charge in [0.15, 0.2) is 5.82 Å². The first-order valence-corrected chi connectivity index (χ1v) is 28.8. The van der Waals surface area contributed by atoms with E-state index in [1.54, 1.807) is 38.8 Å². The van der Waals surface area contributed by atoms with Crippen molar-refractivity contribution in [1.29, 1.82) is 0 Å². The Morgan fingerprint density at radius 3 is 2.27 bits per heavy atom. The summed E-state index contributed by atoms with van der Waals surface area (Å²) in [6, 6.07) is 20.9. The molecule has 4 saturated heterocycles. The van der Waals surface area contributed by atoms with Gasteiger partial charge in [0.2, 0.25) is 17.8 Å². The molecule has 0 saturated carbocycles. The summed E-state index contributed by atoms with van der Waals surface area (Å²) >= 11 is 6.71. The van der Waals surface area contributed by atoms with Crippen molar-refractivity contribution >= 4 is 93.0 Å². The molecule has 3 N–H and O–H groups in total. The third-order valence-corrected chi connectivity index (χ3v) is 17.5. The number of rotatable bonds is 13. The molecule has 1 atom stereocenters. The predicted octanol–water partition coefficient (Wildman–Crippen LogP) is 7.33. The lowest BCUT2D eigenvalue weighted by Crippen LogP contribution is -2.54. The van der Waals surface area contributed by atoms with Gasteiger partial charge in [0.1, 0.15) is 24.0 Å². The first-order valence-electron chi connectivity index (χ1n) is 25.9. The zero-order valence-electron chi connectivity index (χ0n) is 42.7. The number of nitrogens with zero attached hydrogens (tertiary/aromatic N) is 9. The maximum atomic E-state index is 13.7. The molecule has 0 spiro atoms. The van der Waals surface area contributed by atoms with E-state index in [-0.39, 0.29) is 18.7 Å². The standard InChI is InChI=1S/C55H62ClN12O6P/c1-63-33-36(30-58-63)41-28-45(60-55-57-31-43(56)51(62-55)59-44-12-9-35-7-5-6-8-39(35)50(44)75(3,4)73)48(74-2)29-47(41)67-21-17-37(18-22-67)65-19-15-34(16-20-65)32-64-23-25-66(26-24-64)38-10-11-40-42(27-38)54(72)68(53(40)71)46-13-14-49(69)61-52(46)70/h5-12,27-31,33-34,37,46H,13-26,32H2,1-4H3,(H,61,69,70)(H2,57,59,60,62). The number of carbonyl (C=O) groups is 4. The molecule has 4 amide bonds. The molecule has 0 bridgehead atoms. The van der Waals surface area contributed by atoms with Crippen LogP contribution in [-0.4, -0.2) is 150 Å². The number of piperazine rings is 1. The number of amides is 4. The lowest BCUT2D eigenvalue weighted by atomic mass is 9.92. The smallest absolute Gasteiger partial charge is 0.262 e. The molecule has 390 valence electrons. The average Bonchev–Trinajstić information content (AvgIpc) is 3.96. The minimum atomic E-state index is -2.74. The van der Waals surface area contributed by atoms with Gasteiger partial charge in [-0.3, -0.25) is 39.0 Å². The number of hydrogen-bond acceptors (Lipinski definition) is 15. The number of methoxy groups -OCH3 is 1. The second-order valence-corrected chi connectivity index (χ2v) is 24.4. The number of nitrogens with one attached hydrogen (secondary N) is 3. The number of anilines is 6. The number of halogens is 1. The van der Waals surface area contributed by atoms with Crippen LogP contribution in [0.15, 0.2) is 85.3 Å². The fourth-order valence-corrected chi connectivity index (χ4v) is 13.4. The number of hydrogen-bond donors (Lipinski definition) is 3. The maximum absolute atomic E-state index is 13.7. The van der Waals surface area contributed by atoms with Crippen LogP contribution in [0.4, 0.5) is 34.5 Å². The van der Waals surface area contributed by atoms with E-state index in [9.17, 15) is 23.7 Å². The van der Waals surface area contributed by atoms with Crippen molar-refractivity contribution in [2.75, 3.05) is 99.8 Å². The molecule has 6 aromatic rings. The van der Waals surface area contributed by atoms with E-state index in [0.717, 1.165) is 115 Å². The van der Waals surface area contributed by atoms with Crippen molar-refractivity contribution in [3.05, 3.63) is 101 Å². The van der Waals surface area contributed by atoms with Crippen LogP contribution in [-0.2, 0) is 21.2 Å². The third-order valence-electron chi connectivity index (χ3n) is 15.7. The summed E-state index contributed by atoms with van der Waals surface area (Å²) in [6.07, 6.45) is 10.1. The molecule has 5 aliphatic rings. The Morgan fingerprint density at radius 2 is 1.55 bits per heavy atom. The van der Waals surface area contributed by atoms with Crippen molar-refractivity contribution in [3.8, 4) is 16.9 Å². The topological polar surface area (TPSA) is 190 Å². The number of aromatic nitrogens is 4. The molecule has 0 aliphatic carbocycles. The van der Waals surface area contributed by atoms with Crippen molar-refractivity contribution in [3.63, 3.8) is 0 Å². The number of aryl methyl sites for hydroxylation is 1. The molecular weight excluding hydrogens is 991 g/mol. The zero-order valence-corrected chi connectivity index (χ0v) is 44.4. The monoisotopic (exact) mass is 1050 g/mol. The highest BCUT2D eigenvalue weighted by molar-refractivity contribution is 7.71. The molecule has 4 aromatic carbocycles. The molecule has 75 heavy (non-hydrogen) atoms. The average molecular weight is 1050 g/mol. The van der Waals surface area contributed by atoms with Gasteiger partial charge in [0, 0.05) is 105 Å². The van der Waals surface area contributed by atoms with Gasteiger partial charge in [-0.25, -0.2) is 4.98 Å². The van der Waals surface area contributed by atoms with Gasteiger partial charge < -0.3 is 34.6 Å². The fourth-order valence-electron chi connectivity index (χ4n) is 11.8.